The lowest BCUT2D eigenvalue weighted by Crippen LogP contribution is -2.49. The van der Waals surface area contributed by atoms with Gasteiger partial charge in [0.15, 0.2) is 5.76 Å². The summed E-state index contributed by atoms with van der Waals surface area (Å²) in [6.07, 6.45) is 4.00. The number of rotatable bonds is 13. The van der Waals surface area contributed by atoms with Gasteiger partial charge in [0.05, 0.1) is 59.2 Å². The third-order valence-electron chi connectivity index (χ3n) is 17.6. The predicted octanol–water partition coefficient (Wildman–Crippen LogP) is 10.2. The minimum Gasteiger partial charge on any atom is -0.468 e. The number of anilines is 3. The van der Waals surface area contributed by atoms with Crippen LogP contribution in [-0.4, -0.2) is 144 Å². The van der Waals surface area contributed by atoms with Crippen LogP contribution >= 0.6 is 23.2 Å². The number of piperazine rings is 3. The molecule has 484 valence electrons. The Balaban J connectivity index is 0.000000147. The molecule has 3 aliphatic rings. The van der Waals surface area contributed by atoms with Crippen molar-refractivity contribution in [1.82, 2.24) is 33.3 Å². The van der Waals surface area contributed by atoms with Gasteiger partial charge in [0, 0.05) is 124 Å². The third-order valence-corrected chi connectivity index (χ3v) is 18.1. The van der Waals surface area contributed by atoms with Gasteiger partial charge in [-0.2, -0.15) is 15.8 Å². The topological polar surface area (TPSA) is 220 Å². The van der Waals surface area contributed by atoms with Crippen LogP contribution in [0.1, 0.15) is 60.9 Å². The summed E-state index contributed by atoms with van der Waals surface area (Å²) in [5.41, 5.74) is 6.67. The second-order valence-electron chi connectivity index (χ2n) is 23.9. The summed E-state index contributed by atoms with van der Waals surface area (Å²) < 4.78 is 15.6. The Hall–Kier alpha value is -10.4. The summed E-state index contributed by atoms with van der Waals surface area (Å²) in [4.78, 5) is 79.4. The van der Waals surface area contributed by atoms with Crippen molar-refractivity contribution in [2.75, 3.05) is 114 Å². The number of pyridine rings is 3. The Bertz CT molecular complexity index is 4750. The lowest BCUT2D eigenvalue weighted by Gasteiger charge is -2.37. The second-order valence-corrected chi connectivity index (χ2v) is 24.8. The van der Waals surface area contributed by atoms with Crippen LogP contribution in [0.2, 0.25) is 10.0 Å². The van der Waals surface area contributed by atoms with E-state index in [1.54, 1.807) is 85.3 Å². The fourth-order valence-corrected chi connectivity index (χ4v) is 13.1. The number of nitriles is 3. The first kappa shape index (κ1) is 66.1. The van der Waals surface area contributed by atoms with Crippen molar-refractivity contribution < 1.29 is 18.4 Å². The lowest BCUT2D eigenvalue weighted by atomic mass is 10.0. The minimum absolute atomic E-state index is 0.0713. The van der Waals surface area contributed by atoms with E-state index in [-0.39, 0.29) is 45.2 Å². The van der Waals surface area contributed by atoms with Crippen molar-refractivity contribution in [2.45, 2.75) is 33.0 Å². The fourth-order valence-electron chi connectivity index (χ4n) is 12.8. The average molecular weight is 1310 g/mol. The van der Waals surface area contributed by atoms with Gasteiger partial charge < -0.3 is 51.9 Å². The van der Waals surface area contributed by atoms with E-state index in [9.17, 15) is 39.8 Å². The zero-order valence-corrected chi connectivity index (χ0v) is 54.9. The number of furan rings is 2. The number of para-hydroxylation sites is 1. The summed E-state index contributed by atoms with van der Waals surface area (Å²) >= 11 is 12.3. The molecule has 0 bridgehead atoms. The number of aromatic nitrogens is 3. The molecule has 10 aromatic rings. The van der Waals surface area contributed by atoms with Crippen LogP contribution < -0.4 is 31.4 Å². The molecular weight excluding hydrogens is 1240 g/mol. The molecule has 5 aromatic heterocycles. The second kappa shape index (κ2) is 29.7. The van der Waals surface area contributed by atoms with E-state index < -0.39 is 0 Å². The molecule has 0 radical (unpaired) electrons. The van der Waals surface area contributed by atoms with Crippen LogP contribution in [0.3, 0.4) is 0 Å². The SMILES string of the molecule is Cc1ccc2c(c1)c(N1CCN(C(=O)c3ccco3)CC1)c(C#N)c(=O)n2CCCN(C)C.Cn1c(=O)c(C#N)c(N2CCN(Cc3ccco3)CC2)c2ccccc21.N#Cc1c(N2CCN(C(=O)c3ccc(Cl)cc3)CC2)c2cc(Cl)ccc2n(Cc2ccccc2)c1=O. The third kappa shape index (κ3) is 14.4. The minimum atomic E-state index is -0.342. The number of halogens is 2. The highest BCUT2D eigenvalue weighted by molar-refractivity contribution is 6.31. The normalized spacial score (nSPS) is 14.3. The van der Waals surface area contributed by atoms with Gasteiger partial charge in [-0.15, -0.1) is 0 Å². The van der Waals surface area contributed by atoms with Gasteiger partial charge in [0.1, 0.15) is 40.7 Å². The molecule has 20 nitrogen and oxygen atoms in total. The van der Waals surface area contributed by atoms with Crippen molar-refractivity contribution in [3.8, 4) is 18.2 Å². The molecule has 13 rings (SSSR count). The average Bonchev–Trinajstić information content (AvgIpc) is 1.04. The number of fused-ring (bicyclic) bond motifs is 3. The van der Waals surface area contributed by atoms with Crippen LogP contribution in [-0.2, 0) is 26.7 Å². The maximum Gasteiger partial charge on any atom is 0.289 e. The highest BCUT2D eigenvalue weighted by atomic mass is 35.5. The summed E-state index contributed by atoms with van der Waals surface area (Å²) in [6, 6.07) is 49.4. The molecule has 22 heteroatoms. The molecule has 0 spiro atoms. The van der Waals surface area contributed by atoms with E-state index in [1.165, 1.54) is 6.26 Å². The van der Waals surface area contributed by atoms with E-state index >= 15 is 0 Å². The predicted molar refractivity (Wildman–Crippen MR) is 371 cm³/mol. The number of hydrogen-bond acceptors (Lipinski definition) is 15. The van der Waals surface area contributed by atoms with Crippen molar-refractivity contribution in [3.63, 3.8) is 0 Å². The molecule has 8 heterocycles. The Labute approximate surface area is 559 Å². The van der Waals surface area contributed by atoms with Crippen LogP contribution in [0.4, 0.5) is 17.1 Å². The van der Waals surface area contributed by atoms with Gasteiger partial charge in [-0.3, -0.25) is 28.9 Å². The monoisotopic (exact) mass is 1310 g/mol. The zero-order chi connectivity index (χ0) is 66.9. The summed E-state index contributed by atoms with van der Waals surface area (Å²) in [7, 11) is 5.73. The Kier molecular flexibility index (Phi) is 20.6. The van der Waals surface area contributed by atoms with Gasteiger partial charge in [0.25, 0.3) is 28.5 Å². The fraction of sp³-hybridized carbons (Fsp3) is 0.288. The van der Waals surface area contributed by atoms with Crippen molar-refractivity contribution >= 4 is 84.8 Å². The Morgan fingerprint density at radius 2 is 1.04 bits per heavy atom. The number of benzene rings is 5. The number of aryl methyl sites for hydroxylation is 3. The van der Waals surface area contributed by atoms with Crippen molar-refractivity contribution in [1.29, 1.82) is 15.8 Å². The molecular formula is C73H71Cl2N13O7. The maximum absolute atomic E-state index is 13.6. The number of amides is 2. The first-order valence-electron chi connectivity index (χ1n) is 31.5. The molecule has 0 N–H and O–H groups in total. The van der Waals surface area contributed by atoms with E-state index in [0.717, 1.165) is 95.5 Å². The van der Waals surface area contributed by atoms with Gasteiger partial charge in [0.2, 0.25) is 0 Å². The quantitative estimate of drug-likeness (QED) is 0.105. The Morgan fingerprint density at radius 3 is 1.64 bits per heavy atom. The van der Waals surface area contributed by atoms with Crippen LogP contribution in [0, 0.1) is 40.9 Å². The van der Waals surface area contributed by atoms with E-state index in [2.05, 4.69) is 37.8 Å². The molecule has 5 aromatic carbocycles. The summed E-state index contributed by atoms with van der Waals surface area (Å²) in [5, 5.41) is 33.4. The van der Waals surface area contributed by atoms with Crippen LogP contribution in [0.5, 0.6) is 0 Å². The first-order valence-corrected chi connectivity index (χ1v) is 32.2. The smallest absolute Gasteiger partial charge is 0.289 e. The summed E-state index contributed by atoms with van der Waals surface area (Å²) in [6.45, 7) is 11.7. The van der Waals surface area contributed by atoms with Crippen molar-refractivity contribution in [2.24, 2.45) is 7.05 Å². The maximum atomic E-state index is 13.6. The number of hydrogen-bond donors (Lipinski definition) is 0. The standard InChI is InChI=1S/C28H22Cl2N4O2.C25H29N5O3.C20H20N4O2/c29-21-8-6-20(7-9-21)27(35)33-14-12-32(13-15-33)26-23-16-22(30)10-11-25(23)34(28(36)24(26)17-31)18-19-4-2-1-3-5-19;1-18-7-8-21-19(16-18)23(20(17-26)24(31)30(21)10-5-9-27(2)3)28-11-13-29(14-12-28)25(32)22-6-4-15-33-22;1-22-18-7-3-2-6-16(18)19(17(13-21)20(22)25)24-10-8-23(9-11-24)14-15-5-4-12-26-15/h1-11,16H,12-15,18H2;4,6-8,15-16H,5,9-14H2,1-3H3;2-7,12H,8-11,14H2,1H3. The molecule has 3 fully saturated rings. The molecule has 3 saturated heterocycles. The molecule has 95 heavy (non-hydrogen) atoms. The van der Waals surface area contributed by atoms with Crippen LogP contribution in [0.15, 0.2) is 175 Å². The van der Waals surface area contributed by atoms with Crippen LogP contribution in [0.25, 0.3) is 32.7 Å². The van der Waals surface area contributed by atoms with Crippen molar-refractivity contribution in [3.05, 3.63) is 238 Å². The molecule has 0 saturated carbocycles. The highest BCUT2D eigenvalue weighted by Gasteiger charge is 2.31. The van der Waals surface area contributed by atoms with E-state index in [4.69, 9.17) is 32.0 Å². The van der Waals surface area contributed by atoms with E-state index in [0.29, 0.717) is 104 Å². The first-order chi connectivity index (χ1) is 46.0. The number of carbonyl (C=O) groups is 2. The van der Waals surface area contributed by atoms with Gasteiger partial charge in [-0.05, 0) is 124 Å². The van der Waals surface area contributed by atoms with Gasteiger partial charge >= 0.3 is 0 Å². The van der Waals surface area contributed by atoms with Gasteiger partial charge in [-0.25, -0.2) is 0 Å². The lowest BCUT2D eigenvalue weighted by molar-refractivity contribution is 0.0713. The molecule has 0 aliphatic carbocycles. The molecule has 3 aliphatic heterocycles. The number of carbonyl (C=O) groups excluding carboxylic acids is 2. The highest BCUT2D eigenvalue weighted by Crippen LogP contribution is 2.35. The summed E-state index contributed by atoms with van der Waals surface area (Å²) in [5.74, 6) is 1.06. The van der Waals surface area contributed by atoms with E-state index in [1.807, 2.05) is 117 Å². The molecule has 0 atom stereocenters. The molecule has 2 amide bonds. The molecule has 0 unspecified atom stereocenters. The zero-order valence-electron chi connectivity index (χ0n) is 53.4. The largest absolute Gasteiger partial charge is 0.468 e. The number of nitrogens with zero attached hydrogens (tertiary/aromatic N) is 13. The Morgan fingerprint density at radius 1 is 0.516 bits per heavy atom. The van der Waals surface area contributed by atoms with Gasteiger partial charge in [-0.1, -0.05) is 83.4 Å².